The monoisotopic (exact) mass is 643 g/mol. The third-order valence-corrected chi connectivity index (χ3v) is 8.00. The Kier molecular flexibility index (Phi) is 11.1. The molecule has 0 aromatic heterocycles. The molecule has 236 valence electrons. The molecule has 0 unspecified atom stereocenters. The number of para-hydroxylation sites is 2. The summed E-state index contributed by atoms with van der Waals surface area (Å²) >= 11 is 1.40. The Morgan fingerprint density at radius 3 is 1.85 bits per heavy atom. The number of carbonyl (C=O) groups excluding carboxylic acids is 3. The van der Waals surface area contributed by atoms with Gasteiger partial charge < -0.3 is 20.1 Å². The molecule has 0 saturated heterocycles. The lowest BCUT2D eigenvalue weighted by molar-refractivity contribution is -0.115. The second-order valence-corrected chi connectivity index (χ2v) is 11.2. The van der Waals surface area contributed by atoms with E-state index in [1.165, 1.54) is 26.0 Å². The fourth-order valence-corrected chi connectivity index (χ4v) is 5.43. The van der Waals surface area contributed by atoms with E-state index in [1.807, 2.05) is 78.9 Å². The molecular formula is C38H33N3O5S. The molecule has 0 aliphatic rings. The van der Waals surface area contributed by atoms with E-state index in [0.29, 0.717) is 28.3 Å². The number of anilines is 3. The average Bonchev–Trinajstić information content (AvgIpc) is 3.12. The highest BCUT2D eigenvalue weighted by atomic mass is 32.2. The van der Waals surface area contributed by atoms with Gasteiger partial charge in [-0.25, -0.2) is 0 Å². The average molecular weight is 644 g/mol. The molecule has 8 nitrogen and oxygen atoms in total. The molecule has 0 radical (unpaired) electrons. The molecule has 9 heteroatoms. The Balaban J connectivity index is 1.29. The molecule has 47 heavy (non-hydrogen) atoms. The lowest BCUT2D eigenvalue weighted by Crippen LogP contribution is -2.30. The molecule has 0 bridgehead atoms. The minimum atomic E-state index is -0.513. The van der Waals surface area contributed by atoms with Gasteiger partial charge in [-0.05, 0) is 84.4 Å². The summed E-state index contributed by atoms with van der Waals surface area (Å²) in [5.41, 5.74) is 3.17. The van der Waals surface area contributed by atoms with Crippen LogP contribution >= 0.6 is 11.8 Å². The maximum atomic E-state index is 13.5. The van der Waals surface area contributed by atoms with Gasteiger partial charge in [0.2, 0.25) is 5.91 Å². The standard InChI is InChI=1S/C38H33N3O5S/c1-45-34-23-18-27(25-35(34)46-2)24-33(40-37(43)28-12-6-3-7-13-28)38(44)39-29-19-21-32(22-20-29)47-26-36(42)41(30-14-8-4-9-15-30)31-16-10-5-11-17-31/h3-25H,26H2,1-2H3,(H,39,44)(H,40,43)/b33-24-. The molecule has 5 aromatic carbocycles. The van der Waals surface area contributed by atoms with Gasteiger partial charge in [0.1, 0.15) is 5.70 Å². The molecule has 0 heterocycles. The number of benzene rings is 5. The number of rotatable bonds is 12. The minimum absolute atomic E-state index is 0.0389. The van der Waals surface area contributed by atoms with Gasteiger partial charge in [-0.3, -0.25) is 19.3 Å². The highest BCUT2D eigenvalue weighted by Gasteiger charge is 2.19. The Morgan fingerprint density at radius 1 is 0.702 bits per heavy atom. The number of hydrogen-bond donors (Lipinski definition) is 2. The van der Waals surface area contributed by atoms with Crippen molar-refractivity contribution in [3.8, 4) is 11.5 Å². The number of carbonyl (C=O) groups is 3. The van der Waals surface area contributed by atoms with Gasteiger partial charge in [0, 0.05) is 27.5 Å². The maximum Gasteiger partial charge on any atom is 0.272 e. The van der Waals surface area contributed by atoms with Crippen molar-refractivity contribution in [1.29, 1.82) is 0 Å². The molecule has 5 aromatic rings. The van der Waals surface area contributed by atoms with Gasteiger partial charge >= 0.3 is 0 Å². The van der Waals surface area contributed by atoms with Crippen LogP contribution in [0.15, 0.2) is 144 Å². The van der Waals surface area contributed by atoms with Crippen LogP contribution in [-0.2, 0) is 9.59 Å². The normalized spacial score (nSPS) is 10.9. The molecule has 0 spiro atoms. The van der Waals surface area contributed by atoms with Crippen LogP contribution in [0.4, 0.5) is 17.1 Å². The molecule has 0 fully saturated rings. The summed E-state index contributed by atoms with van der Waals surface area (Å²) in [5, 5.41) is 5.60. The number of nitrogens with zero attached hydrogens (tertiary/aromatic N) is 1. The van der Waals surface area contributed by atoms with E-state index in [4.69, 9.17) is 9.47 Å². The molecule has 0 aliphatic heterocycles. The molecular weight excluding hydrogens is 611 g/mol. The SMILES string of the molecule is COc1ccc(/C=C(\NC(=O)c2ccccc2)C(=O)Nc2ccc(SCC(=O)N(c3ccccc3)c3ccccc3)cc2)cc1OC. The van der Waals surface area contributed by atoms with Crippen molar-refractivity contribution in [3.05, 3.63) is 150 Å². The van der Waals surface area contributed by atoms with Crippen molar-refractivity contribution in [2.45, 2.75) is 4.90 Å². The van der Waals surface area contributed by atoms with Crippen molar-refractivity contribution >= 4 is 52.6 Å². The fourth-order valence-electron chi connectivity index (χ4n) is 4.69. The lowest BCUT2D eigenvalue weighted by Gasteiger charge is -2.23. The Bertz CT molecular complexity index is 1810. The first-order valence-electron chi connectivity index (χ1n) is 14.7. The van der Waals surface area contributed by atoms with E-state index in [9.17, 15) is 14.4 Å². The first-order chi connectivity index (χ1) is 22.9. The van der Waals surface area contributed by atoms with Crippen LogP contribution in [0.5, 0.6) is 11.5 Å². The first kappa shape index (κ1) is 32.6. The van der Waals surface area contributed by atoms with Crippen LogP contribution in [0.2, 0.25) is 0 Å². The Labute approximate surface area is 278 Å². The lowest BCUT2D eigenvalue weighted by atomic mass is 10.1. The number of hydrogen-bond acceptors (Lipinski definition) is 6. The van der Waals surface area contributed by atoms with Gasteiger partial charge in [-0.2, -0.15) is 0 Å². The van der Waals surface area contributed by atoms with Crippen LogP contribution < -0.4 is 25.0 Å². The zero-order valence-corrected chi connectivity index (χ0v) is 26.7. The highest BCUT2D eigenvalue weighted by Crippen LogP contribution is 2.30. The van der Waals surface area contributed by atoms with Crippen LogP contribution in [0.25, 0.3) is 6.08 Å². The van der Waals surface area contributed by atoms with Crippen LogP contribution in [0, 0.1) is 0 Å². The molecule has 0 aliphatic carbocycles. The number of thioether (sulfide) groups is 1. The van der Waals surface area contributed by atoms with Crippen molar-refractivity contribution in [2.24, 2.45) is 0 Å². The molecule has 5 rings (SSSR count). The van der Waals surface area contributed by atoms with Gasteiger partial charge in [-0.15, -0.1) is 11.8 Å². The maximum absolute atomic E-state index is 13.5. The molecule has 2 N–H and O–H groups in total. The van der Waals surface area contributed by atoms with Crippen molar-refractivity contribution < 1.29 is 23.9 Å². The highest BCUT2D eigenvalue weighted by molar-refractivity contribution is 8.00. The van der Waals surface area contributed by atoms with E-state index in [0.717, 1.165) is 16.3 Å². The summed E-state index contributed by atoms with van der Waals surface area (Å²) in [5.74, 6) is 0.224. The Morgan fingerprint density at radius 2 is 1.28 bits per heavy atom. The second kappa shape index (κ2) is 16.0. The third kappa shape index (κ3) is 8.68. The number of methoxy groups -OCH3 is 2. The summed E-state index contributed by atoms with van der Waals surface area (Å²) in [6.07, 6.45) is 1.57. The predicted octanol–water partition coefficient (Wildman–Crippen LogP) is 7.57. The van der Waals surface area contributed by atoms with Crippen LogP contribution in [0.3, 0.4) is 0 Å². The number of ether oxygens (including phenoxy) is 2. The molecule has 0 saturated carbocycles. The molecule has 3 amide bonds. The first-order valence-corrected chi connectivity index (χ1v) is 15.7. The largest absolute Gasteiger partial charge is 0.493 e. The van der Waals surface area contributed by atoms with E-state index in [2.05, 4.69) is 10.6 Å². The van der Waals surface area contributed by atoms with E-state index < -0.39 is 11.8 Å². The zero-order valence-electron chi connectivity index (χ0n) is 25.9. The number of amides is 3. The predicted molar refractivity (Wildman–Crippen MR) is 187 cm³/mol. The quantitative estimate of drug-likeness (QED) is 0.108. The summed E-state index contributed by atoms with van der Waals surface area (Å²) in [7, 11) is 3.06. The van der Waals surface area contributed by atoms with Crippen molar-refractivity contribution in [1.82, 2.24) is 5.32 Å². The summed E-state index contributed by atoms with van der Waals surface area (Å²) < 4.78 is 10.7. The van der Waals surface area contributed by atoms with Crippen molar-refractivity contribution in [2.75, 3.05) is 30.2 Å². The van der Waals surface area contributed by atoms with Crippen LogP contribution in [0.1, 0.15) is 15.9 Å². The minimum Gasteiger partial charge on any atom is -0.493 e. The second-order valence-electron chi connectivity index (χ2n) is 10.2. The van der Waals surface area contributed by atoms with E-state index in [1.54, 1.807) is 65.6 Å². The summed E-state index contributed by atoms with van der Waals surface area (Å²) in [6, 6.07) is 40.1. The Hall–Kier alpha value is -5.80. The van der Waals surface area contributed by atoms with Gasteiger partial charge in [0.25, 0.3) is 11.8 Å². The fraction of sp³-hybridized carbons (Fsp3) is 0.0789. The van der Waals surface area contributed by atoms with E-state index in [-0.39, 0.29) is 17.4 Å². The van der Waals surface area contributed by atoms with Gasteiger partial charge in [0.15, 0.2) is 11.5 Å². The summed E-state index contributed by atoms with van der Waals surface area (Å²) in [6.45, 7) is 0. The summed E-state index contributed by atoms with van der Waals surface area (Å²) in [4.78, 5) is 42.5. The smallest absolute Gasteiger partial charge is 0.272 e. The number of nitrogens with one attached hydrogen (secondary N) is 2. The van der Waals surface area contributed by atoms with Gasteiger partial charge in [-0.1, -0.05) is 60.7 Å². The van der Waals surface area contributed by atoms with Gasteiger partial charge in [0.05, 0.1) is 20.0 Å². The zero-order chi connectivity index (χ0) is 33.0. The topological polar surface area (TPSA) is 97.0 Å². The third-order valence-electron chi connectivity index (χ3n) is 7.00. The van der Waals surface area contributed by atoms with Crippen molar-refractivity contribution in [3.63, 3.8) is 0 Å². The van der Waals surface area contributed by atoms with Crippen LogP contribution in [-0.4, -0.2) is 37.7 Å². The van der Waals surface area contributed by atoms with E-state index >= 15 is 0 Å². The molecule has 0 atom stereocenters.